The number of likely N-dealkylation sites (N-methyl/N-ethyl adjacent to an activating group) is 1. The molecule has 0 aliphatic carbocycles. The second-order valence-corrected chi connectivity index (χ2v) is 16.8. The maximum absolute atomic E-state index is 12.7. The molecule has 1 N–H and O–H groups in total. The van der Waals surface area contributed by atoms with Gasteiger partial charge < -0.3 is 18.9 Å². The summed E-state index contributed by atoms with van der Waals surface area (Å²) in [6.45, 7) is 5.27. The van der Waals surface area contributed by atoms with Crippen molar-refractivity contribution in [3.63, 3.8) is 0 Å². The molecule has 0 rings (SSSR count). The summed E-state index contributed by atoms with van der Waals surface area (Å²) in [7, 11) is 1.61. The van der Waals surface area contributed by atoms with Gasteiger partial charge in [-0.25, -0.2) is 4.57 Å². The highest BCUT2D eigenvalue weighted by Crippen LogP contribution is 2.43. The lowest BCUT2D eigenvalue weighted by molar-refractivity contribution is -0.870. The maximum Gasteiger partial charge on any atom is 0.472 e. The van der Waals surface area contributed by atoms with Gasteiger partial charge in [0.1, 0.15) is 19.3 Å². The van der Waals surface area contributed by atoms with Crippen LogP contribution in [-0.2, 0) is 27.9 Å². The Morgan fingerprint density at radius 3 is 1.44 bits per heavy atom. The first-order chi connectivity index (χ1) is 27.6. The Balaban J connectivity index is 4.36. The van der Waals surface area contributed by atoms with Gasteiger partial charge >= 0.3 is 13.8 Å². The highest BCUT2D eigenvalue weighted by atomic mass is 31.2. The lowest BCUT2D eigenvalue weighted by Crippen LogP contribution is -2.37. The van der Waals surface area contributed by atoms with E-state index in [1.165, 1.54) is 38.5 Å². The third kappa shape index (κ3) is 44.4. The van der Waals surface area contributed by atoms with Gasteiger partial charge in [0.25, 0.3) is 0 Å². The van der Waals surface area contributed by atoms with Crippen LogP contribution in [0.15, 0.2) is 97.2 Å². The lowest BCUT2D eigenvalue weighted by atomic mass is 10.1. The number of nitrogens with zero attached hydrogens (tertiary/aromatic N) is 1. The molecule has 0 aromatic rings. The van der Waals surface area contributed by atoms with E-state index in [-0.39, 0.29) is 32.2 Å². The summed E-state index contributed by atoms with van der Waals surface area (Å²) in [6, 6.07) is 0. The number of allylic oxidation sites excluding steroid dienone is 16. The van der Waals surface area contributed by atoms with E-state index >= 15 is 0 Å². The molecule has 9 heteroatoms. The van der Waals surface area contributed by atoms with Crippen LogP contribution in [0.3, 0.4) is 0 Å². The van der Waals surface area contributed by atoms with Crippen LogP contribution in [0.2, 0.25) is 0 Å². The molecule has 57 heavy (non-hydrogen) atoms. The van der Waals surface area contributed by atoms with Crippen LogP contribution in [-0.4, -0.2) is 75.6 Å². The van der Waals surface area contributed by atoms with Gasteiger partial charge in [0.2, 0.25) is 0 Å². The zero-order chi connectivity index (χ0) is 42.0. The fourth-order valence-corrected chi connectivity index (χ4v) is 6.05. The molecule has 2 atom stereocenters. The quantitative estimate of drug-likeness (QED) is 0.0217. The number of hydrogen-bond donors (Lipinski definition) is 1. The number of rotatable bonds is 39. The van der Waals surface area contributed by atoms with Crippen molar-refractivity contribution in [1.82, 2.24) is 0 Å². The third-order valence-corrected chi connectivity index (χ3v) is 9.63. The van der Waals surface area contributed by atoms with Crippen LogP contribution in [0.1, 0.15) is 142 Å². The van der Waals surface area contributed by atoms with Crippen molar-refractivity contribution < 1.29 is 37.3 Å². The van der Waals surface area contributed by atoms with Gasteiger partial charge in [0.15, 0.2) is 0 Å². The summed E-state index contributed by atoms with van der Waals surface area (Å²) in [5.74, 6) is -0.377. The number of quaternary nitrogens is 1. The largest absolute Gasteiger partial charge is 0.472 e. The van der Waals surface area contributed by atoms with Crippen molar-refractivity contribution in [3.05, 3.63) is 97.2 Å². The summed E-state index contributed by atoms with van der Waals surface area (Å²) in [6.07, 6.45) is 54.5. The summed E-state index contributed by atoms with van der Waals surface area (Å²) >= 11 is 0. The predicted molar refractivity (Wildman–Crippen MR) is 242 cm³/mol. The Labute approximate surface area is 349 Å². The highest BCUT2D eigenvalue weighted by molar-refractivity contribution is 7.47. The smallest absolute Gasteiger partial charge is 0.457 e. The first-order valence-electron chi connectivity index (χ1n) is 22.0. The van der Waals surface area contributed by atoms with Gasteiger partial charge in [-0.2, -0.15) is 0 Å². The standard InChI is InChI=1S/C48H82NO7P/c1-6-8-10-12-14-16-18-20-22-24-26-28-30-32-34-36-38-40-43-53-45-47(46-55-57(51,52)54-44-42-49(3,4)5)56-48(50)41-39-37-35-33-31-29-27-25-23-21-19-17-15-13-11-9-7-2/h8-11,14-17,20-23,27,29,33,35,47H,6-7,12-13,18-19,24-26,28,30-32,34,36-46H2,1-5H3/p+1/b10-8-,11-9-,16-14-,17-15-,22-20-,23-21-,29-27-,35-33-. The Bertz CT molecular complexity index is 1230. The fourth-order valence-electron chi connectivity index (χ4n) is 5.31. The molecule has 0 amide bonds. The molecule has 0 aromatic heterocycles. The number of hydrogen-bond acceptors (Lipinski definition) is 6. The van der Waals surface area contributed by atoms with E-state index in [1.807, 2.05) is 21.1 Å². The molecule has 0 aliphatic heterocycles. The van der Waals surface area contributed by atoms with E-state index in [1.54, 1.807) is 0 Å². The topological polar surface area (TPSA) is 91.3 Å². The average molecular weight is 817 g/mol. The normalized spacial score (nSPS) is 14.7. The van der Waals surface area contributed by atoms with Gasteiger partial charge in [-0.3, -0.25) is 13.8 Å². The summed E-state index contributed by atoms with van der Waals surface area (Å²) < 4.78 is 34.9. The van der Waals surface area contributed by atoms with E-state index in [0.717, 1.165) is 77.0 Å². The SMILES string of the molecule is CC/C=C\C/C=C\C/C=C\C/C=C\C/C=C\CCCC(=O)OC(COCCCCCCCCCC/C=C\C/C=C\C/C=C\CC)COP(=O)(O)OCC[N+](C)(C)C. The second kappa shape index (κ2) is 40.2. The second-order valence-electron chi connectivity index (χ2n) is 15.3. The number of esters is 1. The minimum Gasteiger partial charge on any atom is -0.457 e. The summed E-state index contributed by atoms with van der Waals surface area (Å²) in [5.41, 5.74) is 0. The van der Waals surface area contributed by atoms with E-state index in [4.69, 9.17) is 18.5 Å². The highest BCUT2D eigenvalue weighted by Gasteiger charge is 2.26. The Kier molecular flexibility index (Phi) is 38.4. The molecule has 0 aromatic carbocycles. The maximum atomic E-state index is 12.7. The third-order valence-electron chi connectivity index (χ3n) is 8.64. The monoisotopic (exact) mass is 817 g/mol. The van der Waals surface area contributed by atoms with Gasteiger partial charge in [-0.15, -0.1) is 0 Å². The zero-order valence-electron chi connectivity index (χ0n) is 36.8. The molecule has 0 spiro atoms. The van der Waals surface area contributed by atoms with E-state index in [0.29, 0.717) is 24.1 Å². The molecule has 0 heterocycles. The van der Waals surface area contributed by atoms with Gasteiger partial charge in [0, 0.05) is 13.0 Å². The van der Waals surface area contributed by atoms with Crippen LogP contribution in [0, 0.1) is 0 Å². The van der Waals surface area contributed by atoms with Crippen molar-refractivity contribution in [3.8, 4) is 0 Å². The molecule has 8 nitrogen and oxygen atoms in total. The molecule has 0 fully saturated rings. The first kappa shape index (κ1) is 54.4. The summed E-state index contributed by atoms with van der Waals surface area (Å²) in [4.78, 5) is 22.9. The Hall–Kier alpha value is -2.58. The van der Waals surface area contributed by atoms with E-state index in [9.17, 15) is 14.3 Å². The van der Waals surface area contributed by atoms with Gasteiger partial charge in [-0.1, -0.05) is 150 Å². The zero-order valence-corrected chi connectivity index (χ0v) is 37.7. The fraction of sp³-hybridized carbons (Fsp3) is 0.646. The minimum atomic E-state index is -4.30. The molecule has 0 radical (unpaired) electrons. The Morgan fingerprint density at radius 1 is 0.544 bits per heavy atom. The number of phosphoric ester groups is 1. The van der Waals surface area contributed by atoms with Crippen LogP contribution in [0.25, 0.3) is 0 Å². The molecule has 326 valence electrons. The first-order valence-corrected chi connectivity index (χ1v) is 23.5. The molecular weight excluding hydrogens is 734 g/mol. The molecule has 2 unspecified atom stereocenters. The van der Waals surface area contributed by atoms with Crippen molar-refractivity contribution >= 4 is 13.8 Å². The van der Waals surface area contributed by atoms with Gasteiger partial charge in [-0.05, 0) is 83.5 Å². The number of phosphoric acid groups is 1. The van der Waals surface area contributed by atoms with Crippen molar-refractivity contribution in [2.75, 3.05) is 54.1 Å². The molecule has 0 aliphatic rings. The number of ether oxygens (including phenoxy) is 2. The molecule has 0 saturated carbocycles. The van der Waals surface area contributed by atoms with Crippen molar-refractivity contribution in [2.45, 2.75) is 148 Å². The number of carbonyl (C=O) groups is 1. The molecule has 0 bridgehead atoms. The Morgan fingerprint density at radius 2 is 0.965 bits per heavy atom. The van der Waals surface area contributed by atoms with Crippen LogP contribution < -0.4 is 0 Å². The van der Waals surface area contributed by atoms with Crippen molar-refractivity contribution in [2.24, 2.45) is 0 Å². The van der Waals surface area contributed by atoms with E-state index < -0.39 is 13.9 Å². The number of unbranched alkanes of at least 4 members (excludes halogenated alkanes) is 9. The van der Waals surface area contributed by atoms with Crippen LogP contribution in [0.4, 0.5) is 0 Å². The lowest BCUT2D eigenvalue weighted by Gasteiger charge is -2.24. The van der Waals surface area contributed by atoms with Crippen LogP contribution >= 0.6 is 7.82 Å². The van der Waals surface area contributed by atoms with Crippen molar-refractivity contribution in [1.29, 1.82) is 0 Å². The average Bonchev–Trinajstić information content (AvgIpc) is 3.16. The van der Waals surface area contributed by atoms with Crippen LogP contribution in [0.5, 0.6) is 0 Å². The molecule has 0 saturated heterocycles. The van der Waals surface area contributed by atoms with Gasteiger partial charge in [0.05, 0.1) is 34.4 Å². The number of carbonyl (C=O) groups excluding carboxylic acids is 1. The summed E-state index contributed by atoms with van der Waals surface area (Å²) in [5, 5.41) is 0. The predicted octanol–water partition coefficient (Wildman–Crippen LogP) is 13.0. The minimum absolute atomic E-state index is 0.0706. The van der Waals surface area contributed by atoms with E-state index in [2.05, 4.69) is 111 Å². The molecular formula is C48H83NO7P+.